The van der Waals surface area contributed by atoms with Gasteiger partial charge in [-0.15, -0.1) is 37.2 Å². The van der Waals surface area contributed by atoms with Crippen molar-refractivity contribution in [1.29, 1.82) is 0 Å². The van der Waals surface area contributed by atoms with Gasteiger partial charge in [-0.2, -0.15) is 15.3 Å². The van der Waals surface area contributed by atoms with Gasteiger partial charge in [-0.3, -0.25) is 42.8 Å². The number of piperidine rings is 3. The third-order valence-electron chi connectivity index (χ3n) is 23.1. The van der Waals surface area contributed by atoms with Crippen molar-refractivity contribution < 1.29 is 71.4 Å². The molecule has 3 aliphatic heterocycles. The number of halogens is 3. The summed E-state index contributed by atoms with van der Waals surface area (Å²) < 4.78 is 54.8. The highest BCUT2D eigenvalue weighted by Crippen LogP contribution is 2.43. The Labute approximate surface area is 755 Å². The molecule has 6 aromatic rings. The average Bonchev–Trinajstić information content (AvgIpc) is 1.62. The maximum Gasteiger partial charge on any atom is 0.272 e. The van der Waals surface area contributed by atoms with Gasteiger partial charge in [0.1, 0.15) is 34.5 Å². The average molecular weight is 1800 g/mol. The van der Waals surface area contributed by atoms with Crippen molar-refractivity contribution in [3.63, 3.8) is 0 Å². The lowest BCUT2D eigenvalue weighted by atomic mass is 10.0. The smallest absolute Gasteiger partial charge is 0.272 e. The molecule has 30 nitrogen and oxygen atoms in total. The first kappa shape index (κ1) is 108. The molecule has 6 heterocycles. The quantitative estimate of drug-likeness (QED) is 0.0193. The number of carbonyl (C=O) groups is 6. The molecule has 0 saturated carbocycles. The van der Waals surface area contributed by atoms with Gasteiger partial charge in [0, 0.05) is 111 Å². The van der Waals surface area contributed by atoms with Gasteiger partial charge in [-0.1, -0.05) is 98.3 Å². The van der Waals surface area contributed by atoms with Crippen LogP contribution in [0.2, 0.25) is 0 Å². The summed E-state index contributed by atoms with van der Waals surface area (Å²) in [4.78, 5) is 86.2. The van der Waals surface area contributed by atoms with Crippen LogP contribution < -0.4 is 60.3 Å². The number of amides is 6. The molecule has 0 aliphatic carbocycles. The van der Waals surface area contributed by atoms with E-state index in [4.69, 9.17) is 57.9 Å². The highest BCUT2D eigenvalue weighted by atomic mass is 35.5. The Bertz CT molecular complexity index is 4040. The van der Waals surface area contributed by atoms with E-state index < -0.39 is 0 Å². The van der Waals surface area contributed by atoms with Gasteiger partial charge in [0.2, 0.25) is 17.7 Å². The van der Waals surface area contributed by atoms with Gasteiger partial charge in [0.05, 0.1) is 102 Å². The van der Waals surface area contributed by atoms with E-state index in [1.165, 1.54) is 57.8 Å². The fourth-order valence-corrected chi connectivity index (χ4v) is 15.3. The normalized spacial score (nSPS) is 14.8. The van der Waals surface area contributed by atoms with Crippen LogP contribution in [0.4, 0.5) is 0 Å². The van der Waals surface area contributed by atoms with E-state index in [1.807, 2.05) is 68.6 Å². The molecular formula is C91H146Cl3N15O15. The lowest BCUT2D eigenvalue weighted by Crippen LogP contribution is -2.42. The Morgan fingerprint density at radius 3 is 0.960 bits per heavy atom. The van der Waals surface area contributed by atoms with Crippen LogP contribution in [0.3, 0.4) is 0 Å². The molecule has 3 saturated heterocycles. The van der Waals surface area contributed by atoms with Crippen molar-refractivity contribution in [3.8, 4) is 68.3 Å². The Morgan fingerprint density at radius 2 is 0.677 bits per heavy atom. The van der Waals surface area contributed by atoms with E-state index >= 15 is 0 Å². The van der Waals surface area contributed by atoms with E-state index in [9.17, 15) is 28.8 Å². The van der Waals surface area contributed by atoms with Crippen LogP contribution in [-0.4, -0.2) is 260 Å². The van der Waals surface area contributed by atoms with Gasteiger partial charge in [0.15, 0.2) is 17.1 Å². The molecule has 33 heteroatoms. The fourth-order valence-electron chi connectivity index (χ4n) is 15.3. The predicted molar refractivity (Wildman–Crippen MR) is 494 cm³/mol. The molecule has 2 unspecified atom stereocenters. The number of carbonyl (C=O) groups excluding carboxylic acids is 6. The van der Waals surface area contributed by atoms with Crippen molar-refractivity contribution in [1.82, 2.24) is 75.9 Å². The second-order valence-corrected chi connectivity index (χ2v) is 32.1. The first-order valence-electron chi connectivity index (χ1n) is 43.9. The molecule has 3 aliphatic rings. The second-order valence-electron chi connectivity index (χ2n) is 32.1. The first-order valence-corrected chi connectivity index (χ1v) is 43.9. The summed E-state index contributed by atoms with van der Waals surface area (Å²) in [7, 11) is 14.5. The standard InChI is InChI=1S/C31H49N5O5.2C30H47N5O5.3ClH/c1-6-23(7-2)22-36-26(30-27(40-4)12-11-13-28(30)41-5)21-25(34-36)31(38)33-24(20-29(37)32-15-19-39-3)14-18-35-16-9-8-10-17-35;1-21(2)22(3)35-25(29-26(39-5)11-10-12-27(29)40-6)20-24(33-35)30(37)32-23(19-28(36)31-14-18-38-4)13-17-34-15-8-7-9-16-34;1-6-22(2)21-35-25(29-26(39-4)11-10-12-27(29)40-5)20-24(33-35)30(37)32-23(19-28(36)31-14-18-38-3)13-17-34-15-8-7-9-16-34;;;/h11-13,21,23-24H,6-10,14-20,22H2,1-5H3,(H,32,37)(H,33,38);10-12,20-23H,7-9,13-19H2,1-6H3,(H,31,36)(H,32,37);10-12,20,22-23H,6-9,13-19,21H2,1-5H3,(H,31,36)(H,32,37);3*1H/t24-;2*22?,23-;;;/m000.../s1. The molecule has 6 amide bonds. The lowest BCUT2D eigenvalue weighted by Gasteiger charge is -2.28. The maximum absolute atomic E-state index is 13.7. The van der Waals surface area contributed by atoms with Crippen molar-refractivity contribution in [2.75, 3.05) is 162 Å². The predicted octanol–water partition coefficient (Wildman–Crippen LogP) is 13.0. The largest absolute Gasteiger partial charge is 0.496 e. The fraction of sp³-hybridized carbons (Fsp3) is 0.637. The van der Waals surface area contributed by atoms with Crippen LogP contribution in [0, 0.1) is 17.8 Å². The lowest BCUT2D eigenvalue weighted by molar-refractivity contribution is -0.122. The number of aromatic nitrogens is 6. The number of likely N-dealkylation sites (tertiary alicyclic amines) is 3. The molecule has 3 fully saturated rings. The minimum atomic E-state index is -0.325. The summed E-state index contributed by atoms with van der Waals surface area (Å²) >= 11 is 0. The van der Waals surface area contributed by atoms with Crippen molar-refractivity contribution in [3.05, 3.63) is 89.9 Å². The number of hydrogen-bond donors (Lipinski definition) is 6. The Hall–Kier alpha value is -8.46. The van der Waals surface area contributed by atoms with Gasteiger partial charge in [-0.25, -0.2) is 0 Å². The Balaban J connectivity index is 0.000000386. The summed E-state index contributed by atoms with van der Waals surface area (Å²) in [6.45, 7) is 27.7. The van der Waals surface area contributed by atoms with Crippen LogP contribution in [-0.2, 0) is 41.7 Å². The van der Waals surface area contributed by atoms with E-state index in [0.29, 0.717) is 135 Å². The van der Waals surface area contributed by atoms with Crippen LogP contribution >= 0.6 is 37.2 Å². The monoisotopic (exact) mass is 1790 g/mol. The molecule has 0 radical (unpaired) electrons. The van der Waals surface area contributed by atoms with Gasteiger partial charge in [-0.05, 0) is 176 Å². The minimum Gasteiger partial charge on any atom is -0.496 e. The first-order chi connectivity index (χ1) is 58.6. The van der Waals surface area contributed by atoms with Crippen LogP contribution in [0.15, 0.2) is 72.8 Å². The van der Waals surface area contributed by atoms with E-state index in [2.05, 4.69) is 95.1 Å². The third-order valence-corrected chi connectivity index (χ3v) is 23.1. The van der Waals surface area contributed by atoms with Crippen LogP contribution in [0.25, 0.3) is 33.8 Å². The number of nitrogens with one attached hydrogen (secondary N) is 6. The molecule has 0 spiro atoms. The summed E-state index contributed by atoms with van der Waals surface area (Å²) in [5.41, 5.74) is 5.40. The number of rotatable bonds is 48. The molecule has 9 rings (SSSR count). The second kappa shape index (κ2) is 58.7. The molecule has 124 heavy (non-hydrogen) atoms. The highest BCUT2D eigenvalue weighted by Gasteiger charge is 2.31. The molecule has 3 aromatic carbocycles. The summed E-state index contributed by atoms with van der Waals surface area (Å²) in [6, 6.07) is 21.3. The van der Waals surface area contributed by atoms with Gasteiger partial charge in [0.25, 0.3) is 17.7 Å². The summed E-state index contributed by atoms with van der Waals surface area (Å²) in [5.74, 6) is 3.64. The van der Waals surface area contributed by atoms with E-state index in [0.717, 1.165) is 112 Å². The molecule has 6 N–H and O–H groups in total. The molecular weight excluding hydrogens is 1650 g/mol. The zero-order chi connectivity index (χ0) is 87.6. The molecule has 0 bridgehead atoms. The number of methoxy groups -OCH3 is 9. The Kier molecular flexibility index (Phi) is 51.1. The number of hydrogen-bond acceptors (Lipinski definition) is 21. The number of ether oxygens (including phenoxy) is 9. The highest BCUT2D eigenvalue weighted by molar-refractivity contribution is 5.96. The topological polar surface area (TPSA) is 321 Å². The van der Waals surface area contributed by atoms with Crippen LogP contribution in [0.5, 0.6) is 34.5 Å². The SMILES string of the molecule is CCC(C)Cn1nc(C(=O)N[C@@H](CCN2CCCCC2)CC(=O)NCCOC)cc1-c1c(OC)cccc1OC.CCC(CC)Cn1nc(C(=O)N[C@@H](CCN2CCCCC2)CC(=O)NCCOC)cc1-c1c(OC)cccc1OC.COCCNC(=O)C[C@H](CCN1CCCCC1)NC(=O)c1cc(-c2c(OC)cccc2OC)n(C(C)C(C)C)n1.Cl.Cl.Cl. The van der Waals surface area contributed by atoms with Crippen molar-refractivity contribution >= 4 is 72.7 Å². The van der Waals surface area contributed by atoms with Crippen molar-refractivity contribution in [2.24, 2.45) is 17.8 Å². The molecule has 3 aromatic heterocycles. The van der Waals surface area contributed by atoms with E-state index in [1.54, 1.807) is 82.2 Å². The zero-order valence-corrected chi connectivity index (χ0v) is 79.0. The van der Waals surface area contributed by atoms with E-state index in [-0.39, 0.29) is 122 Å². The molecule has 5 atom stereocenters. The van der Waals surface area contributed by atoms with Gasteiger partial charge < -0.3 is 89.2 Å². The van der Waals surface area contributed by atoms with Crippen molar-refractivity contribution in [2.45, 2.75) is 201 Å². The number of nitrogens with zero attached hydrogens (tertiary/aromatic N) is 9. The van der Waals surface area contributed by atoms with Gasteiger partial charge >= 0.3 is 0 Å². The summed E-state index contributed by atoms with van der Waals surface area (Å²) in [6.07, 6.45) is 16.5. The van der Waals surface area contributed by atoms with Crippen LogP contribution in [0.1, 0.15) is 202 Å². The number of benzene rings is 3. The minimum absolute atomic E-state index is 0. The third kappa shape index (κ3) is 34.0. The zero-order valence-electron chi connectivity index (χ0n) is 76.6. The Morgan fingerprint density at radius 1 is 0.387 bits per heavy atom. The molecule has 696 valence electrons. The maximum atomic E-state index is 13.7. The summed E-state index contributed by atoms with van der Waals surface area (Å²) in [5, 5.41) is 32.3.